The molecule has 4 amide bonds. The van der Waals surface area contributed by atoms with Crippen LogP contribution in [0.4, 0.5) is 10.5 Å². The summed E-state index contributed by atoms with van der Waals surface area (Å²) in [6.07, 6.45) is 6.94. The van der Waals surface area contributed by atoms with Gasteiger partial charge in [-0.3, -0.25) is 14.4 Å². The topological polar surface area (TPSA) is 140 Å². The van der Waals surface area contributed by atoms with Crippen LogP contribution in [0, 0.1) is 12.3 Å². The molecule has 1 aliphatic rings. The number of carbonyl (C=O) groups is 4. The number of nitrogens with one attached hydrogen (secondary N) is 2. The largest absolute Gasteiger partial charge is 0.497 e. The van der Waals surface area contributed by atoms with Crippen LogP contribution < -0.4 is 21.1 Å². The van der Waals surface area contributed by atoms with E-state index in [0.717, 1.165) is 6.42 Å². The smallest absolute Gasteiger partial charge is 0.408 e. The summed E-state index contributed by atoms with van der Waals surface area (Å²) in [5.41, 5.74) is 5.98. The van der Waals surface area contributed by atoms with Gasteiger partial charge in [0.2, 0.25) is 11.8 Å². The molecular formula is C31H38N4O6. The van der Waals surface area contributed by atoms with E-state index in [1.54, 1.807) is 76.4 Å². The van der Waals surface area contributed by atoms with Crippen LogP contribution in [0.15, 0.2) is 48.5 Å². The second kappa shape index (κ2) is 13.7. The SMILES string of the molecule is C#Cc1ccccc1C(C(=O)Nc1ccc(OC)cc1)N(C(=O)C(CCC(N)=O)NC(=O)OC(C)(C)C)C1CCC1. The van der Waals surface area contributed by atoms with Gasteiger partial charge in [-0.2, -0.15) is 0 Å². The van der Waals surface area contributed by atoms with Crippen LogP contribution in [0.5, 0.6) is 5.75 Å². The molecule has 0 heterocycles. The Morgan fingerprint density at radius 1 is 1.10 bits per heavy atom. The number of carbonyl (C=O) groups excluding carboxylic acids is 4. The minimum atomic E-state index is -1.17. The van der Waals surface area contributed by atoms with Crippen LogP contribution >= 0.6 is 0 Å². The third-order valence-electron chi connectivity index (χ3n) is 6.69. The average Bonchev–Trinajstić information content (AvgIpc) is 2.88. The Balaban J connectivity index is 2.05. The molecule has 0 saturated heterocycles. The maximum atomic E-state index is 14.3. The Hall–Kier alpha value is -4.52. The zero-order valence-corrected chi connectivity index (χ0v) is 23.9. The van der Waals surface area contributed by atoms with Crippen molar-refractivity contribution in [3.63, 3.8) is 0 Å². The summed E-state index contributed by atoms with van der Waals surface area (Å²) in [5, 5.41) is 5.50. The first-order chi connectivity index (χ1) is 19.4. The quantitative estimate of drug-likeness (QED) is 0.355. The standard InChI is InChI=1S/C31H38N4O6/c1-6-20-10-7-8-13-24(20)27(28(37)33-21-14-16-23(40-5)17-15-21)35(22-11-9-12-22)29(38)25(18-19-26(32)36)34-30(39)41-31(2,3)4/h1,7-8,10,13-17,22,25,27H,9,11-12,18-19H2,2-5H3,(H2,32,36)(H,33,37)(H,34,39). The van der Waals surface area contributed by atoms with E-state index in [1.165, 1.54) is 4.90 Å². The molecule has 0 spiro atoms. The highest BCUT2D eigenvalue weighted by Gasteiger charge is 2.42. The monoisotopic (exact) mass is 562 g/mol. The van der Waals surface area contributed by atoms with Crippen LogP contribution in [0.3, 0.4) is 0 Å². The minimum Gasteiger partial charge on any atom is -0.497 e. The Morgan fingerprint density at radius 3 is 2.29 bits per heavy atom. The fourth-order valence-corrected chi connectivity index (χ4v) is 4.53. The van der Waals surface area contributed by atoms with Gasteiger partial charge in [-0.25, -0.2) is 4.79 Å². The Kier molecular flexibility index (Phi) is 10.4. The summed E-state index contributed by atoms with van der Waals surface area (Å²) in [4.78, 5) is 54.2. The van der Waals surface area contributed by atoms with Crippen LogP contribution in [0.2, 0.25) is 0 Å². The highest BCUT2D eigenvalue weighted by atomic mass is 16.6. The lowest BCUT2D eigenvalue weighted by atomic mass is 9.87. The third-order valence-corrected chi connectivity index (χ3v) is 6.69. The second-order valence-electron chi connectivity index (χ2n) is 10.9. The van der Waals surface area contributed by atoms with Gasteiger partial charge in [0.05, 0.1) is 7.11 Å². The fraction of sp³-hybridized carbons (Fsp3) is 0.419. The van der Waals surface area contributed by atoms with E-state index in [1.807, 2.05) is 0 Å². The van der Waals surface area contributed by atoms with Crippen molar-refractivity contribution >= 4 is 29.5 Å². The Morgan fingerprint density at radius 2 is 1.76 bits per heavy atom. The molecule has 41 heavy (non-hydrogen) atoms. The number of terminal acetylenes is 1. The number of benzene rings is 2. The van der Waals surface area contributed by atoms with Crippen LogP contribution in [0.1, 0.15) is 70.0 Å². The highest BCUT2D eigenvalue weighted by Crippen LogP contribution is 2.36. The molecule has 2 aromatic carbocycles. The first kappa shape index (κ1) is 31.0. The lowest BCUT2D eigenvalue weighted by Gasteiger charge is -2.43. The van der Waals surface area contributed by atoms with Crippen LogP contribution in [0.25, 0.3) is 0 Å². The van der Waals surface area contributed by atoms with Crippen molar-refractivity contribution in [1.29, 1.82) is 0 Å². The lowest BCUT2D eigenvalue weighted by Crippen LogP contribution is -2.57. The number of primary amides is 1. The fourth-order valence-electron chi connectivity index (χ4n) is 4.53. The predicted octanol–water partition coefficient (Wildman–Crippen LogP) is 3.90. The van der Waals surface area contributed by atoms with Gasteiger partial charge in [0.1, 0.15) is 23.4 Å². The summed E-state index contributed by atoms with van der Waals surface area (Å²) in [7, 11) is 1.54. The summed E-state index contributed by atoms with van der Waals surface area (Å²) < 4.78 is 10.6. The van der Waals surface area contributed by atoms with Crippen molar-refractivity contribution in [3.05, 3.63) is 59.7 Å². The molecule has 0 bridgehead atoms. The molecule has 218 valence electrons. The van der Waals surface area contributed by atoms with Crippen molar-refractivity contribution in [2.24, 2.45) is 5.73 Å². The summed E-state index contributed by atoms with van der Waals surface area (Å²) >= 11 is 0. The van der Waals surface area contributed by atoms with Gasteiger partial charge >= 0.3 is 6.09 Å². The number of anilines is 1. The maximum absolute atomic E-state index is 14.3. The molecule has 4 N–H and O–H groups in total. The molecule has 2 unspecified atom stereocenters. The van der Waals surface area contributed by atoms with E-state index in [0.29, 0.717) is 35.4 Å². The van der Waals surface area contributed by atoms with E-state index >= 15 is 0 Å². The molecule has 1 fully saturated rings. The number of nitrogens with zero attached hydrogens (tertiary/aromatic N) is 1. The van der Waals surface area contributed by atoms with Crippen molar-refractivity contribution in [2.45, 2.75) is 76.6 Å². The van der Waals surface area contributed by atoms with E-state index in [4.69, 9.17) is 21.6 Å². The second-order valence-corrected chi connectivity index (χ2v) is 10.9. The number of hydrogen-bond donors (Lipinski definition) is 3. The van der Waals surface area contributed by atoms with E-state index in [2.05, 4.69) is 16.6 Å². The zero-order valence-electron chi connectivity index (χ0n) is 23.9. The number of ether oxygens (including phenoxy) is 2. The maximum Gasteiger partial charge on any atom is 0.408 e. The first-order valence-corrected chi connectivity index (χ1v) is 13.5. The first-order valence-electron chi connectivity index (χ1n) is 13.5. The zero-order chi connectivity index (χ0) is 30.2. The van der Waals surface area contributed by atoms with E-state index < -0.39 is 41.5 Å². The number of hydrogen-bond acceptors (Lipinski definition) is 6. The Bertz CT molecular complexity index is 1290. The van der Waals surface area contributed by atoms with Gasteiger partial charge in [0.15, 0.2) is 0 Å². The van der Waals surface area contributed by atoms with Gasteiger partial charge in [-0.1, -0.05) is 24.1 Å². The molecule has 2 atom stereocenters. The van der Waals surface area contributed by atoms with Gasteiger partial charge in [-0.05, 0) is 82.3 Å². The van der Waals surface area contributed by atoms with Gasteiger partial charge in [0.25, 0.3) is 5.91 Å². The predicted molar refractivity (Wildman–Crippen MR) is 155 cm³/mol. The third kappa shape index (κ3) is 8.48. The Labute approximate surface area is 240 Å². The number of rotatable bonds is 11. The van der Waals surface area contributed by atoms with Crippen LogP contribution in [-0.2, 0) is 19.1 Å². The molecule has 10 heteroatoms. The van der Waals surface area contributed by atoms with Gasteiger partial charge in [-0.15, -0.1) is 6.42 Å². The van der Waals surface area contributed by atoms with E-state index in [9.17, 15) is 19.2 Å². The van der Waals surface area contributed by atoms with Gasteiger partial charge < -0.3 is 30.7 Å². The number of alkyl carbamates (subject to hydrolysis) is 1. The molecule has 0 aliphatic heterocycles. The van der Waals surface area contributed by atoms with Gasteiger partial charge in [0, 0.05) is 23.7 Å². The molecule has 2 aromatic rings. The van der Waals surface area contributed by atoms with Crippen LogP contribution in [-0.4, -0.2) is 53.5 Å². The minimum absolute atomic E-state index is 0.0692. The van der Waals surface area contributed by atoms with E-state index in [-0.39, 0.29) is 18.9 Å². The summed E-state index contributed by atoms with van der Waals surface area (Å²) in [6.45, 7) is 5.09. The number of methoxy groups -OCH3 is 1. The number of nitrogens with two attached hydrogens (primary N) is 1. The summed E-state index contributed by atoms with van der Waals surface area (Å²) in [5.74, 6) is 1.59. The molecule has 3 rings (SSSR count). The molecule has 1 aliphatic carbocycles. The average molecular weight is 563 g/mol. The number of amides is 4. The highest BCUT2D eigenvalue weighted by molar-refractivity contribution is 5.99. The normalized spacial score (nSPS) is 14.4. The summed E-state index contributed by atoms with van der Waals surface area (Å²) in [6, 6.07) is 11.1. The molecule has 1 saturated carbocycles. The van der Waals surface area contributed by atoms with Crippen molar-refractivity contribution in [1.82, 2.24) is 10.2 Å². The lowest BCUT2D eigenvalue weighted by molar-refractivity contribution is -0.146. The molecule has 0 aromatic heterocycles. The molecule has 10 nitrogen and oxygen atoms in total. The molecule has 0 radical (unpaired) electrons. The van der Waals surface area contributed by atoms with Crippen molar-refractivity contribution in [3.8, 4) is 18.1 Å². The molecular weight excluding hydrogens is 524 g/mol. The van der Waals surface area contributed by atoms with Crippen molar-refractivity contribution in [2.75, 3.05) is 12.4 Å². The van der Waals surface area contributed by atoms with Crippen molar-refractivity contribution < 1.29 is 28.7 Å².